The van der Waals surface area contributed by atoms with Gasteiger partial charge in [-0.3, -0.25) is 4.79 Å². The fourth-order valence-electron chi connectivity index (χ4n) is 6.84. The van der Waals surface area contributed by atoms with E-state index in [0.29, 0.717) is 30.0 Å². The highest BCUT2D eigenvalue weighted by Gasteiger charge is 2.42. The number of rotatable bonds is 8. The third-order valence-electron chi connectivity index (χ3n) is 8.65. The van der Waals surface area contributed by atoms with Crippen molar-refractivity contribution >= 4 is 5.78 Å². The van der Waals surface area contributed by atoms with Crippen LogP contribution in [0.5, 0.6) is 0 Å². The number of hydrogen-bond acceptors (Lipinski definition) is 1. The van der Waals surface area contributed by atoms with Crippen molar-refractivity contribution in [2.45, 2.75) is 57.8 Å². The van der Waals surface area contributed by atoms with Crippen LogP contribution in [0.2, 0.25) is 0 Å². The lowest BCUT2D eigenvalue weighted by atomic mass is 9.79. The molecule has 0 heterocycles. The Morgan fingerprint density at radius 1 is 0.844 bits per heavy atom. The molecule has 0 radical (unpaired) electrons. The zero-order valence-corrected chi connectivity index (χ0v) is 19.0. The SMILES string of the molecule is O=C(CCC1=CCC(C2=CC=CC2)C1C1CC1)C1C=C(C2=CC=CC2)CC1C1=CC=CC1. The Balaban J connectivity index is 1.15. The van der Waals surface area contributed by atoms with Gasteiger partial charge in [0.15, 0.2) is 0 Å². The zero-order chi connectivity index (χ0) is 21.5. The van der Waals surface area contributed by atoms with E-state index in [2.05, 4.69) is 66.8 Å². The maximum absolute atomic E-state index is 13.6. The normalized spacial score (nSPS) is 32.9. The smallest absolute Gasteiger partial charge is 0.140 e. The van der Waals surface area contributed by atoms with Crippen molar-refractivity contribution in [1.82, 2.24) is 0 Å². The van der Waals surface area contributed by atoms with E-state index in [1.54, 1.807) is 11.1 Å². The van der Waals surface area contributed by atoms with Crippen LogP contribution in [0.3, 0.4) is 0 Å². The Kier molecular flexibility index (Phi) is 5.37. The van der Waals surface area contributed by atoms with Crippen LogP contribution in [0.15, 0.2) is 94.7 Å². The van der Waals surface area contributed by atoms with Gasteiger partial charge in [0.25, 0.3) is 0 Å². The molecule has 1 nitrogen and oxygen atoms in total. The van der Waals surface area contributed by atoms with Crippen LogP contribution in [-0.4, -0.2) is 5.78 Å². The van der Waals surface area contributed by atoms with Gasteiger partial charge in [-0.05, 0) is 86.2 Å². The van der Waals surface area contributed by atoms with Gasteiger partial charge in [-0.2, -0.15) is 0 Å². The first-order valence-corrected chi connectivity index (χ1v) is 12.8. The quantitative estimate of drug-likeness (QED) is 0.369. The molecule has 0 saturated heterocycles. The molecule has 4 unspecified atom stereocenters. The molecule has 0 N–H and O–H groups in total. The van der Waals surface area contributed by atoms with Crippen LogP contribution in [0.1, 0.15) is 57.8 Å². The monoisotopic (exact) mass is 422 g/mol. The predicted molar refractivity (Wildman–Crippen MR) is 132 cm³/mol. The lowest BCUT2D eigenvalue weighted by Gasteiger charge is -2.25. The molecular formula is C31H34O. The van der Waals surface area contributed by atoms with Gasteiger partial charge in [-0.1, -0.05) is 83.6 Å². The van der Waals surface area contributed by atoms with Crippen molar-refractivity contribution in [3.05, 3.63) is 94.7 Å². The number of carbonyl (C=O) groups is 1. The standard InChI is InChI=1S/C31H34O/c32-30(18-16-25-15-17-27(22-9-3-4-10-22)31(25)24-13-14-24)29-20-26(21-7-1-2-8-21)19-28(29)23-11-5-6-12-23/h1-7,9,11,15,20,24,27-29,31H,8,10,12-14,16-19H2. The van der Waals surface area contributed by atoms with Gasteiger partial charge < -0.3 is 0 Å². The van der Waals surface area contributed by atoms with E-state index in [0.717, 1.165) is 38.0 Å². The minimum atomic E-state index is 0.0663. The van der Waals surface area contributed by atoms with Gasteiger partial charge in [0.2, 0.25) is 0 Å². The number of hydrogen-bond donors (Lipinski definition) is 0. The molecule has 0 aromatic carbocycles. The Morgan fingerprint density at radius 2 is 1.56 bits per heavy atom. The van der Waals surface area contributed by atoms with E-state index in [1.165, 1.54) is 36.0 Å². The van der Waals surface area contributed by atoms with E-state index >= 15 is 0 Å². The first kappa shape index (κ1) is 20.2. The largest absolute Gasteiger partial charge is 0.299 e. The molecule has 0 aliphatic heterocycles. The molecule has 0 aromatic heterocycles. The maximum atomic E-state index is 13.6. The van der Waals surface area contributed by atoms with Crippen molar-refractivity contribution in [2.75, 3.05) is 0 Å². The second kappa shape index (κ2) is 8.50. The van der Waals surface area contributed by atoms with Crippen LogP contribution >= 0.6 is 0 Å². The predicted octanol–water partition coefficient (Wildman–Crippen LogP) is 7.53. The van der Waals surface area contributed by atoms with Crippen molar-refractivity contribution < 1.29 is 4.79 Å². The zero-order valence-electron chi connectivity index (χ0n) is 19.0. The molecule has 1 heteroatoms. The molecule has 6 aliphatic carbocycles. The van der Waals surface area contributed by atoms with Crippen LogP contribution in [-0.2, 0) is 4.79 Å². The van der Waals surface area contributed by atoms with Gasteiger partial charge in [0, 0.05) is 12.3 Å². The Bertz CT molecular complexity index is 1050. The summed E-state index contributed by atoms with van der Waals surface area (Å²) in [6.45, 7) is 0. The van der Waals surface area contributed by atoms with E-state index in [1.807, 2.05) is 0 Å². The maximum Gasteiger partial charge on any atom is 0.140 e. The lowest BCUT2D eigenvalue weighted by molar-refractivity contribution is -0.122. The van der Waals surface area contributed by atoms with E-state index < -0.39 is 0 Å². The molecule has 32 heavy (non-hydrogen) atoms. The van der Waals surface area contributed by atoms with E-state index in [9.17, 15) is 4.79 Å². The molecule has 4 atom stereocenters. The van der Waals surface area contributed by atoms with Crippen LogP contribution in [0.4, 0.5) is 0 Å². The summed E-state index contributed by atoms with van der Waals surface area (Å²) < 4.78 is 0. The van der Waals surface area contributed by atoms with Gasteiger partial charge in [0.05, 0.1) is 0 Å². The summed E-state index contributed by atoms with van der Waals surface area (Å²) in [6.07, 6.45) is 34.9. The number of ketones is 1. The first-order valence-electron chi connectivity index (χ1n) is 12.8. The highest BCUT2D eigenvalue weighted by molar-refractivity contribution is 5.85. The van der Waals surface area contributed by atoms with Gasteiger partial charge in [-0.25, -0.2) is 0 Å². The van der Waals surface area contributed by atoms with E-state index in [-0.39, 0.29) is 5.92 Å². The third kappa shape index (κ3) is 3.81. The Labute approximate surface area is 192 Å². The topological polar surface area (TPSA) is 17.1 Å². The second-order valence-corrected chi connectivity index (χ2v) is 10.6. The van der Waals surface area contributed by atoms with Gasteiger partial charge in [0.1, 0.15) is 5.78 Å². The molecular weight excluding hydrogens is 388 g/mol. The second-order valence-electron chi connectivity index (χ2n) is 10.6. The van der Waals surface area contributed by atoms with Crippen LogP contribution < -0.4 is 0 Å². The molecule has 0 aromatic rings. The minimum absolute atomic E-state index is 0.0663. The van der Waals surface area contributed by atoms with Gasteiger partial charge >= 0.3 is 0 Å². The molecule has 6 aliphatic rings. The Hall–Kier alpha value is -2.41. The summed E-state index contributed by atoms with van der Waals surface area (Å²) in [5.74, 6) is 3.17. The minimum Gasteiger partial charge on any atom is -0.299 e. The first-order chi connectivity index (χ1) is 15.8. The lowest BCUT2D eigenvalue weighted by Crippen LogP contribution is -2.21. The summed E-state index contributed by atoms with van der Waals surface area (Å²) in [7, 11) is 0. The molecule has 0 bridgehead atoms. The van der Waals surface area contributed by atoms with E-state index in [4.69, 9.17) is 0 Å². The number of Topliss-reactive ketones (excluding diaryl/α,β-unsaturated/α-hetero) is 1. The molecule has 0 spiro atoms. The highest BCUT2D eigenvalue weighted by Crippen LogP contribution is 2.53. The number of allylic oxidation sites excluding steroid dienone is 16. The van der Waals surface area contributed by atoms with Crippen molar-refractivity contribution in [3.63, 3.8) is 0 Å². The summed E-state index contributed by atoms with van der Waals surface area (Å²) in [5, 5.41) is 0. The molecule has 6 rings (SSSR count). The molecule has 1 saturated carbocycles. The summed E-state index contributed by atoms with van der Waals surface area (Å²) in [5.41, 5.74) is 7.52. The highest BCUT2D eigenvalue weighted by atomic mass is 16.1. The van der Waals surface area contributed by atoms with Crippen molar-refractivity contribution in [3.8, 4) is 0 Å². The average Bonchev–Trinajstić information content (AvgIpc) is 3.45. The van der Waals surface area contributed by atoms with Crippen LogP contribution in [0.25, 0.3) is 0 Å². The third-order valence-corrected chi connectivity index (χ3v) is 8.65. The molecule has 164 valence electrons. The Morgan fingerprint density at radius 3 is 2.22 bits per heavy atom. The summed E-state index contributed by atoms with van der Waals surface area (Å²) in [6, 6.07) is 0. The summed E-state index contributed by atoms with van der Waals surface area (Å²) in [4.78, 5) is 13.6. The van der Waals surface area contributed by atoms with Gasteiger partial charge in [-0.15, -0.1) is 0 Å². The van der Waals surface area contributed by atoms with Crippen LogP contribution in [0, 0.1) is 29.6 Å². The fourth-order valence-corrected chi connectivity index (χ4v) is 6.84. The molecule has 0 amide bonds. The fraction of sp³-hybridized carbons (Fsp3) is 0.452. The average molecular weight is 423 g/mol. The van der Waals surface area contributed by atoms with Crippen molar-refractivity contribution in [2.24, 2.45) is 29.6 Å². The summed E-state index contributed by atoms with van der Waals surface area (Å²) >= 11 is 0. The van der Waals surface area contributed by atoms with Crippen molar-refractivity contribution in [1.29, 1.82) is 0 Å². The molecule has 1 fully saturated rings. The number of carbonyl (C=O) groups excluding carboxylic acids is 1.